The molecule has 2 amide bonds. The van der Waals surface area contributed by atoms with E-state index in [1.807, 2.05) is 6.07 Å². The molecule has 9 nitrogen and oxygen atoms in total. The number of hydrogen-bond acceptors (Lipinski definition) is 7. The zero-order valence-electron chi connectivity index (χ0n) is 20.2. The summed E-state index contributed by atoms with van der Waals surface area (Å²) < 4.78 is 19.0. The smallest absolute Gasteiger partial charge is 0.391 e. The van der Waals surface area contributed by atoms with E-state index in [0.29, 0.717) is 16.6 Å². The van der Waals surface area contributed by atoms with Crippen molar-refractivity contribution in [1.29, 1.82) is 0 Å². The Morgan fingerprint density at radius 3 is 2.56 bits per heavy atom. The van der Waals surface area contributed by atoms with E-state index in [-0.39, 0.29) is 31.6 Å². The van der Waals surface area contributed by atoms with E-state index >= 15 is 0 Å². The lowest BCUT2D eigenvalue weighted by Gasteiger charge is -2.27. The molecule has 0 aliphatic carbocycles. The number of aliphatic hydroxyl groups excluding tert-OH is 1. The summed E-state index contributed by atoms with van der Waals surface area (Å²) in [6.07, 6.45) is -0.275. The van der Waals surface area contributed by atoms with Crippen LogP contribution in [0.2, 0.25) is 0 Å². The van der Waals surface area contributed by atoms with Crippen molar-refractivity contribution >= 4 is 23.0 Å². The third-order valence-electron chi connectivity index (χ3n) is 5.77. The van der Waals surface area contributed by atoms with E-state index in [1.165, 1.54) is 24.4 Å². The number of ether oxygens (including phenoxy) is 1. The fourth-order valence-electron chi connectivity index (χ4n) is 3.83. The largest absolute Gasteiger partial charge is 0.414 e. The third-order valence-corrected chi connectivity index (χ3v) is 5.77. The molecule has 0 bridgehead atoms. The maximum atomic E-state index is 13.7. The molecule has 5 N–H and O–H groups in total. The highest BCUT2D eigenvalue weighted by Gasteiger charge is 2.29. The summed E-state index contributed by atoms with van der Waals surface area (Å²) in [5, 5.41) is 23.6. The number of halogens is 1. The first-order chi connectivity index (χ1) is 17.0. The van der Waals surface area contributed by atoms with Gasteiger partial charge in [-0.1, -0.05) is 24.3 Å². The van der Waals surface area contributed by atoms with E-state index in [0.717, 1.165) is 0 Å². The zero-order valence-corrected chi connectivity index (χ0v) is 20.2. The molecule has 0 aliphatic heterocycles. The summed E-state index contributed by atoms with van der Waals surface area (Å²) in [7, 11) is 0. The highest BCUT2D eigenvalue weighted by atomic mass is 19.1. The predicted molar refractivity (Wildman–Crippen MR) is 131 cm³/mol. The molecule has 0 saturated heterocycles. The lowest BCUT2D eigenvalue weighted by Crippen LogP contribution is -2.47. The summed E-state index contributed by atoms with van der Waals surface area (Å²) in [6, 6.07) is 11.9. The molecular formula is C26H31FN4O5. The molecule has 10 heteroatoms. The van der Waals surface area contributed by atoms with E-state index in [1.54, 1.807) is 38.1 Å². The number of amides is 2. The molecule has 0 saturated carbocycles. The Kier molecular flexibility index (Phi) is 8.89. The van der Waals surface area contributed by atoms with Crippen molar-refractivity contribution in [3.05, 3.63) is 66.1 Å². The van der Waals surface area contributed by atoms with E-state index < -0.39 is 41.5 Å². The summed E-state index contributed by atoms with van der Waals surface area (Å²) in [6.45, 7) is 3.23. The number of fused-ring (bicyclic) bond motifs is 1. The molecule has 0 unspecified atom stereocenters. The minimum atomic E-state index is -1.22. The standard InChI is InChI=1S/C26H31FN4O5/c1-26(2,35)11-10-17(24(28)33)14-22(32)21(13-16-6-5-7-18(27)12-16)31-25(34)36-23-15-29-19-8-3-4-9-20(19)30-23/h3-9,12,15,17,21-22,32,35H,10-11,13-14H2,1-2H3,(H2,28,33)(H,31,34)/t17-,21+,22+/m1/s1. The number of nitrogens with two attached hydrogens (primary N) is 1. The molecule has 3 atom stereocenters. The predicted octanol–water partition coefficient (Wildman–Crippen LogP) is 2.87. The van der Waals surface area contributed by atoms with Crippen molar-refractivity contribution < 1.29 is 28.9 Å². The number of carbonyl (C=O) groups is 2. The SMILES string of the molecule is CC(C)(O)CC[C@H](C[C@H](O)[C@H](Cc1cccc(F)c1)NC(=O)Oc1cnc2ccccc2n1)C(N)=O. The zero-order chi connectivity index (χ0) is 26.3. The average molecular weight is 499 g/mol. The Morgan fingerprint density at radius 1 is 1.17 bits per heavy atom. The van der Waals surface area contributed by atoms with Gasteiger partial charge in [0.1, 0.15) is 5.82 Å². The average Bonchev–Trinajstić information content (AvgIpc) is 2.80. The number of carbonyl (C=O) groups excluding carboxylic acids is 2. The van der Waals surface area contributed by atoms with Crippen LogP contribution in [0.5, 0.6) is 5.88 Å². The highest BCUT2D eigenvalue weighted by molar-refractivity contribution is 5.77. The van der Waals surface area contributed by atoms with Gasteiger partial charge in [-0.05, 0) is 69.4 Å². The van der Waals surface area contributed by atoms with E-state index in [2.05, 4.69) is 15.3 Å². The number of nitrogens with zero attached hydrogens (tertiary/aromatic N) is 2. The van der Waals surface area contributed by atoms with Gasteiger partial charge in [0.2, 0.25) is 11.8 Å². The first-order valence-corrected chi connectivity index (χ1v) is 11.6. The van der Waals surface area contributed by atoms with Crippen molar-refractivity contribution in [3.8, 4) is 5.88 Å². The maximum absolute atomic E-state index is 13.7. The van der Waals surface area contributed by atoms with Gasteiger partial charge in [-0.3, -0.25) is 4.79 Å². The van der Waals surface area contributed by atoms with Crippen LogP contribution in [0.25, 0.3) is 11.0 Å². The number of aromatic nitrogens is 2. The van der Waals surface area contributed by atoms with Crippen LogP contribution in [0.4, 0.5) is 9.18 Å². The van der Waals surface area contributed by atoms with Crippen molar-refractivity contribution in [1.82, 2.24) is 15.3 Å². The Morgan fingerprint density at radius 2 is 1.89 bits per heavy atom. The first-order valence-electron chi connectivity index (χ1n) is 11.6. The molecular weight excluding hydrogens is 467 g/mol. The Labute approximate surface area is 208 Å². The van der Waals surface area contributed by atoms with Gasteiger partial charge in [-0.25, -0.2) is 19.2 Å². The van der Waals surface area contributed by atoms with Crippen molar-refractivity contribution in [2.45, 2.75) is 57.3 Å². The molecule has 192 valence electrons. The Bertz CT molecular complexity index is 1200. The fourth-order valence-corrected chi connectivity index (χ4v) is 3.83. The van der Waals surface area contributed by atoms with E-state index in [9.17, 15) is 24.2 Å². The van der Waals surface area contributed by atoms with Crippen LogP contribution < -0.4 is 15.8 Å². The van der Waals surface area contributed by atoms with Gasteiger partial charge < -0.3 is 26.0 Å². The van der Waals surface area contributed by atoms with Crippen LogP contribution in [0.1, 0.15) is 38.7 Å². The summed E-state index contributed by atoms with van der Waals surface area (Å²) in [5.41, 5.74) is 6.21. The molecule has 2 aromatic carbocycles. The van der Waals surface area contributed by atoms with Gasteiger partial charge in [0.15, 0.2) is 0 Å². The fraction of sp³-hybridized carbons (Fsp3) is 0.385. The molecule has 0 radical (unpaired) electrons. The molecule has 1 heterocycles. The van der Waals surface area contributed by atoms with Crippen molar-refractivity contribution in [2.75, 3.05) is 0 Å². The van der Waals surface area contributed by atoms with Crippen molar-refractivity contribution in [2.24, 2.45) is 11.7 Å². The van der Waals surface area contributed by atoms with Gasteiger partial charge >= 0.3 is 6.09 Å². The maximum Gasteiger partial charge on any atom is 0.414 e. The number of nitrogens with one attached hydrogen (secondary N) is 1. The number of benzene rings is 2. The van der Waals surface area contributed by atoms with Gasteiger partial charge in [0, 0.05) is 5.92 Å². The second kappa shape index (κ2) is 11.9. The molecule has 0 spiro atoms. The molecule has 0 aliphatic rings. The minimum Gasteiger partial charge on any atom is -0.391 e. The number of rotatable bonds is 11. The normalized spacial score (nSPS) is 14.1. The molecule has 1 aromatic heterocycles. The van der Waals surface area contributed by atoms with E-state index in [4.69, 9.17) is 10.5 Å². The van der Waals surface area contributed by atoms with Gasteiger partial charge in [0.05, 0.1) is 35.0 Å². The van der Waals surface area contributed by atoms with Gasteiger partial charge in [-0.2, -0.15) is 0 Å². The Balaban J connectivity index is 1.74. The summed E-state index contributed by atoms with van der Waals surface area (Å²) in [5.74, 6) is -1.87. The number of hydrogen-bond donors (Lipinski definition) is 4. The van der Waals surface area contributed by atoms with Crippen LogP contribution >= 0.6 is 0 Å². The number of para-hydroxylation sites is 2. The second-order valence-corrected chi connectivity index (χ2v) is 9.42. The summed E-state index contributed by atoms with van der Waals surface area (Å²) in [4.78, 5) is 33.1. The quantitative estimate of drug-likeness (QED) is 0.318. The van der Waals surface area contributed by atoms with Crippen LogP contribution in [-0.2, 0) is 11.2 Å². The molecule has 3 rings (SSSR count). The first kappa shape index (κ1) is 27.0. The number of aliphatic hydroxyl groups is 2. The minimum absolute atomic E-state index is 0.0367. The lowest BCUT2D eigenvalue weighted by molar-refractivity contribution is -0.123. The number of primary amides is 1. The van der Waals surface area contributed by atoms with Crippen LogP contribution in [0, 0.1) is 11.7 Å². The van der Waals surface area contributed by atoms with Gasteiger partial charge in [0.25, 0.3) is 0 Å². The van der Waals surface area contributed by atoms with Gasteiger partial charge in [-0.15, -0.1) is 0 Å². The molecule has 3 aromatic rings. The molecule has 0 fully saturated rings. The Hall–Kier alpha value is -3.63. The van der Waals surface area contributed by atoms with Crippen LogP contribution in [0.15, 0.2) is 54.7 Å². The lowest BCUT2D eigenvalue weighted by atomic mass is 9.87. The van der Waals surface area contributed by atoms with Crippen molar-refractivity contribution in [3.63, 3.8) is 0 Å². The monoisotopic (exact) mass is 498 g/mol. The van der Waals surface area contributed by atoms with Crippen LogP contribution in [-0.4, -0.2) is 49.9 Å². The second-order valence-electron chi connectivity index (χ2n) is 9.42. The topological polar surface area (TPSA) is 148 Å². The molecule has 36 heavy (non-hydrogen) atoms. The third kappa shape index (κ3) is 8.24. The summed E-state index contributed by atoms with van der Waals surface area (Å²) >= 11 is 0. The van der Waals surface area contributed by atoms with Crippen LogP contribution in [0.3, 0.4) is 0 Å². The highest BCUT2D eigenvalue weighted by Crippen LogP contribution is 2.22.